The normalized spacial score (nSPS) is 14.3. The Morgan fingerprint density at radius 3 is 2.62 bits per heavy atom. The van der Waals surface area contributed by atoms with Crippen LogP contribution >= 0.6 is 15.9 Å². The lowest BCUT2D eigenvalue weighted by atomic mass is 10.2. The van der Waals surface area contributed by atoms with Gasteiger partial charge in [-0.1, -0.05) is 18.2 Å². The highest BCUT2D eigenvalue weighted by Gasteiger charge is 2.35. The molecule has 3 rings (SSSR count). The zero-order valence-corrected chi connectivity index (χ0v) is 18.3. The van der Waals surface area contributed by atoms with Crippen molar-refractivity contribution in [3.05, 3.63) is 58.2 Å². The van der Waals surface area contributed by atoms with Gasteiger partial charge in [0.1, 0.15) is 23.7 Å². The zero-order chi connectivity index (χ0) is 23.3. The first-order valence-corrected chi connectivity index (χ1v) is 9.99. The average molecular weight is 504 g/mol. The Morgan fingerprint density at radius 1 is 1.19 bits per heavy atom. The highest BCUT2D eigenvalue weighted by Crippen LogP contribution is 2.27. The number of hydrogen-bond acceptors (Lipinski definition) is 6. The Bertz CT molecular complexity index is 1120. The van der Waals surface area contributed by atoms with Crippen LogP contribution in [-0.4, -0.2) is 54.1 Å². The zero-order valence-electron chi connectivity index (χ0n) is 16.8. The number of methoxy groups -OCH3 is 1. The number of aliphatic carboxylic acids is 1. The van der Waals surface area contributed by atoms with Gasteiger partial charge in [-0.2, -0.15) is 0 Å². The number of rotatable bonds is 8. The van der Waals surface area contributed by atoms with Gasteiger partial charge in [0, 0.05) is 0 Å². The second-order valence-corrected chi connectivity index (χ2v) is 7.35. The molecule has 32 heavy (non-hydrogen) atoms. The van der Waals surface area contributed by atoms with E-state index in [-0.39, 0.29) is 5.70 Å². The lowest BCUT2D eigenvalue weighted by Gasteiger charge is -2.13. The molecule has 1 heterocycles. The van der Waals surface area contributed by atoms with Crippen LogP contribution in [0.25, 0.3) is 6.08 Å². The third-order valence-electron chi connectivity index (χ3n) is 4.26. The summed E-state index contributed by atoms with van der Waals surface area (Å²) in [6.07, 6.45) is 1.43. The largest absolute Gasteiger partial charge is 0.495 e. The molecule has 11 heteroatoms. The maximum atomic E-state index is 12.6. The van der Waals surface area contributed by atoms with Crippen LogP contribution in [0.2, 0.25) is 0 Å². The van der Waals surface area contributed by atoms with Crippen molar-refractivity contribution in [3.63, 3.8) is 0 Å². The lowest BCUT2D eigenvalue weighted by Crippen LogP contribution is -2.38. The number of ether oxygens (including phenoxy) is 2. The molecule has 0 spiro atoms. The Labute approximate surface area is 190 Å². The third kappa shape index (κ3) is 5.43. The molecular weight excluding hydrogens is 486 g/mol. The van der Waals surface area contributed by atoms with E-state index in [9.17, 15) is 19.2 Å². The van der Waals surface area contributed by atoms with Gasteiger partial charge in [-0.3, -0.25) is 9.59 Å². The molecule has 0 aliphatic carbocycles. The van der Waals surface area contributed by atoms with Crippen LogP contribution in [0, 0.1) is 0 Å². The smallest absolute Gasteiger partial charge is 0.341 e. The summed E-state index contributed by atoms with van der Waals surface area (Å²) in [4.78, 5) is 48.6. The summed E-state index contributed by atoms with van der Waals surface area (Å²) in [5.41, 5.74) is 0.951. The number of para-hydroxylation sites is 2. The number of carbonyl (C=O) groups excluding carboxylic acids is 3. The number of nitrogens with one attached hydrogen (secondary N) is 2. The molecule has 166 valence electrons. The molecule has 1 aliphatic rings. The number of imide groups is 1. The Morgan fingerprint density at radius 2 is 1.94 bits per heavy atom. The van der Waals surface area contributed by atoms with Crippen molar-refractivity contribution in [1.82, 2.24) is 10.2 Å². The van der Waals surface area contributed by atoms with Gasteiger partial charge >= 0.3 is 12.0 Å². The van der Waals surface area contributed by atoms with Gasteiger partial charge in [-0.05, 0) is 51.8 Å². The monoisotopic (exact) mass is 503 g/mol. The van der Waals surface area contributed by atoms with E-state index >= 15 is 0 Å². The Kier molecular flexibility index (Phi) is 7.11. The fourth-order valence-electron chi connectivity index (χ4n) is 2.83. The molecular formula is C21H18BrN3O7. The van der Waals surface area contributed by atoms with Gasteiger partial charge in [0.2, 0.25) is 5.91 Å². The summed E-state index contributed by atoms with van der Waals surface area (Å²) in [7, 11) is 1.46. The highest BCUT2D eigenvalue weighted by molar-refractivity contribution is 9.10. The van der Waals surface area contributed by atoms with Crippen LogP contribution in [0.15, 0.2) is 52.6 Å². The molecule has 2 aromatic carbocycles. The summed E-state index contributed by atoms with van der Waals surface area (Å²) >= 11 is 3.27. The van der Waals surface area contributed by atoms with Crippen LogP contribution < -0.4 is 20.1 Å². The van der Waals surface area contributed by atoms with E-state index < -0.39 is 37.0 Å². The number of carbonyl (C=O) groups is 4. The van der Waals surface area contributed by atoms with Crippen molar-refractivity contribution < 1.29 is 33.8 Å². The van der Waals surface area contributed by atoms with Crippen molar-refractivity contribution in [2.45, 2.75) is 0 Å². The number of anilines is 1. The van der Waals surface area contributed by atoms with E-state index in [1.165, 1.54) is 19.3 Å². The first kappa shape index (κ1) is 22.8. The van der Waals surface area contributed by atoms with Crippen molar-refractivity contribution in [1.29, 1.82) is 0 Å². The number of hydrogen-bond donors (Lipinski definition) is 3. The first-order valence-electron chi connectivity index (χ1n) is 9.20. The molecule has 0 aromatic heterocycles. The fraction of sp³-hybridized carbons (Fsp3) is 0.143. The highest BCUT2D eigenvalue weighted by atomic mass is 79.9. The summed E-state index contributed by atoms with van der Waals surface area (Å²) in [5, 5.41) is 13.7. The van der Waals surface area contributed by atoms with Gasteiger partial charge < -0.3 is 25.2 Å². The molecule has 10 nitrogen and oxygen atoms in total. The molecule has 3 N–H and O–H groups in total. The van der Waals surface area contributed by atoms with Crippen molar-refractivity contribution in [2.24, 2.45) is 0 Å². The third-order valence-corrected chi connectivity index (χ3v) is 4.88. The maximum absolute atomic E-state index is 12.6. The first-order chi connectivity index (χ1) is 15.3. The molecule has 2 aromatic rings. The van der Waals surface area contributed by atoms with E-state index in [1.807, 2.05) is 0 Å². The van der Waals surface area contributed by atoms with E-state index in [0.717, 1.165) is 4.90 Å². The van der Waals surface area contributed by atoms with Crippen LogP contribution in [0.5, 0.6) is 11.5 Å². The molecule has 0 atom stereocenters. The molecule has 0 saturated carbocycles. The van der Waals surface area contributed by atoms with E-state index in [0.29, 0.717) is 27.2 Å². The van der Waals surface area contributed by atoms with Gasteiger partial charge in [-0.15, -0.1) is 0 Å². The number of benzene rings is 2. The van der Waals surface area contributed by atoms with E-state index in [2.05, 4.69) is 26.6 Å². The second-order valence-electron chi connectivity index (χ2n) is 6.50. The summed E-state index contributed by atoms with van der Waals surface area (Å²) in [6, 6.07) is 10.7. The van der Waals surface area contributed by atoms with E-state index in [1.54, 1.807) is 36.4 Å². The number of amides is 4. The molecule has 0 unspecified atom stereocenters. The quantitative estimate of drug-likeness (QED) is 0.372. The van der Waals surface area contributed by atoms with Crippen LogP contribution in [0.3, 0.4) is 0 Å². The van der Waals surface area contributed by atoms with Gasteiger partial charge in [0.15, 0.2) is 6.61 Å². The Balaban J connectivity index is 1.69. The average Bonchev–Trinajstić information content (AvgIpc) is 3.00. The van der Waals surface area contributed by atoms with Crippen molar-refractivity contribution >= 4 is 51.5 Å². The van der Waals surface area contributed by atoms with E-state index in [4.69, 9.17) is 14.6 Å². The number of urea groups is 1. The van der Waals surface area contributed by atoms with Gasteiger partial charge in [-0.25, -0.2) is 14.5 Å². The van der Waals surface area contributed by atoms with Crippen LogP contribution in [0.1, 0.15) is 5.56 Å². The van der Waals surface area contributed by atoms with Gasteiger partial charge in [0.25, 0.3) is 5.91 Å². The standard InChI is InChI=1S/C21H18BrN3O7/c1-31-17-5-3-2-4-14(17)23-18(26)10-25-20(29)15(24-21(25)30)9-12-6-7-16(13(22)8-12)32-11-19(27)28/h2-9H,10-11H2,1H3,(H,23,26)(H,24,30)(H,27,28). The summed E-state index contributed by atoms with van der Waals surface area (Å²) < 4.78 is 10.8. The van der Waals surface area contributed by atoms with Crippen molar-refractivity contribution in [2.75, 3.05) is 25.6 Å². The molecule has 1 saturated heterocycles. The SMILES string of the molecule is COc1ccccc1NC(=O)CN1C(=O)NC(=Cc2ccc(OCC(=O)O)c(Br)c2)C1=O. The minimum atomic E-state index is -1.11. The molecule has 4 amide bonds. The fourth-order valence-corrected chi connectivity index (χ4v) is 3.34. The summed E-state index contributed by atoms with van der Waals surface area (Å²) in [6.45, 7) is -0.981. The van der Waals surface area contributed by atoms with Crippen molar-refractivity contribution in [3.8, 4) is 11.5 Å². The maximum Gasteiger partial charge on any atom is 0.341 e. The molecule has 1 fully saturated rings. The summed E-state index contributed by atoms with van der Waals surface area (Å²) in [5.74, 6) is -1.59. The number of carboxylic acids is 1. The van der Waals surface area contributed by atoms with Gasteiger partial charge in [0.05, 0.1) is 17.3 Å². The number of halogens is 1. The van der Waals surface area contributed by atoms with Crippen LogP contribution in [-0.2, 0) is 14.4 Å². The second kappa shape index (κ2) is 9.96. The Hall–Kier alpha value is -3.86. The topological polar surface area (TPSA) is 134 Å². The number of carboxylic acid groups (broad SMARTS) is 1. The minimum absolute atomic E-state index is 0.00815. The number of nitrogens with zero attached hydrogens (tertiary/aromatic N) is 1. The minimum Gasteiger partial charge on any atom is -0.495 e. The lowest BCUT2D eigenvalue weighted by molar-refractivity contribution is -0.139. The predicted molar refractivity (Wildman–Crippen MR) is 117 cm³/mol. The van der Waals surface area contributed by atoms with Crippen LogP contribution in [0.4, 0.5) is 10.5 Å². The molecule has 0 bridgehead atoms. The molecule has 0 radical (unpaired) electrons. The molecule has 1 aliphatic heterocycles. The predicted octanol–water partition coefficient (Wildman–Crippen LogP) is 2.45.